The summed E-state index contributed by atoms with van der Waals surface area (Å²) in [7, 11) is 3.31. The van der Waals surface area contributed by atoms with Gasteiger partial charge < -0.3 is 24.5 Å². The molecule has 0 spiro atoms. The third-order valence-corrected chi connectivity index (χ3v) is 5.05. The molecule has 148 valence electrons. The van der Waals surface area contributed by atoms with E-state index in [1.165, 1.54) is 5.56 Å². The second-order valence-electron chi connectivity index (χ2n) is 6.63. The zero-order valence-corrected chi connectivity index (χ0v) is 17.1. The smallest absolute Gasteiger partial charge is 0.170 e. The second kappa shape index (κ2) is 8.41. The van der Waals surface area contributed by atoms with Crippen molar-refractivity contribution in [2.75, 3.05) is 26.1 Å². The number of anilines is 1. The number of rotatable bonds is 6. The molecular weight excluding hydrogens is 384 g/mol. The molecule has 0 saturated carbocycles. The summed E-state index contributed by atoms with van der Waals surface area (Å²) in [5, 5.41) is 9.07. The van der Waals surface area contributed by atoms with Gasteiger partial charge in [0, 0.05) is 23.4 Å². The number of thiocarbonyl (C=S) groups is 1. The largest absolute Gasteiger partial charge is 0.497 e. The van der Waals surface area contributed by atoms with Crippen LogP contribution in [0.3, 0.4) is 0 Å². The summed E-state index contributed by atoms with van der Waals surface area (Å²) in [4.78, 5) is 0. The van der Waals surface area contributed by atoms with Gasteiger partial charge in [0.25, 0.3) is 0 Å². The lowest BCUT2D eigenvalue weighted by atomic mass is 10.1. The van der Waals surface area contributed by atoms with E-state index in [1.54, 1.807) is 14.2 Å². The predicted octanol–water partition coefficient (Wildman–Crippen LogP) is 5.13. The van der Waals surface area contributed by atoms with Crippen molar-refractivity contribution in [1.82, 2.24) is 5.32 Å². The Morgan fingerprint density at radius 1 is 0.931 bits per heavy atom. The molecule has 0 amide bonds. The number of para-hydroxylation sites is 1. The maximum atomic E-state index is 5.96. The quantitative estimate of drug-likeness (QED) is 0.433. The van der Waals surface area contributed by atoms with Crippen LogP contribution in [0.1, 0.15) is 5.56 Å². The Kier molecular flexibility index (Phi) is 5.53. The van der Waals surface area contributed by atoms with E-state index >= 15 is 0 Å². The number of methoxy groups -OCH3 is 2. The van der Waals surface area contributed by atoms with Crippen molar-refractivity contribution >= 4 is 45.0 Å². The van der Waals surface area contributed by atoms with E-state index in [4.69, 9.17) is 26.1 Å². The van der Waals surface area contributed by atoms with E-state index in [0.29, 0.717) is 17.4 Å². The van der Waals surface area contributed by atoms with Crippen molar-refractivity contribution in [3.8, 4) is 11.5 Å². The Morgan fingerprint density at radius 2 is 1.72 bits per heavy atom. The molecule has 6 heteroatoms. The SMILES string of the molecule is COc1ccc(CCNC(=S)Nc2cc3oc4ccccc4c3cc2OC)cc1. The highest BCUT2D eigenvalue weighted by molar-refractivity contribution is 7.80. The molecule has 0 aliphatic carbocycles. The van der Waals surface area contributed by atoms with E-state index < -0.39 is 0 Å². The Hall–Kier alpha value is -3.25. The fraction of sp³-hybridized carbons (Fsp3) is 0.174. The van der Waals surface area contributed by atoms with Crippen LogP contribution < -0.4 is 20.1 Å². The molecule has 0 atom stereocenters. The number of hydrogen-bond donors (Lipinski definition) is 2. The monoisotopic (exact) mass is 406 g/mol. The van der Waals surface area contributed by atoms with Crippen molar-refractivity contribution in [3.63, 3.8) is 0 Å². The molecule has 5 nitrogen and oxygen atoms in total. The number of benzene rings is 3. The molecule has 0 saturated heterocycles. The number of hydrogen-bond acceptors (Lipinski definition) is 4. The summed E-state index contributed by atoms with van der Waals surface area (Å²) < 4.78 is 16.7. The van der Waals surface area contributed by atoms with Gasteiger partial charge in [0.2, 0.25) is 0 Å². The summed E-state index contributed by atoms with van der Waals surface area (Å²) in [5.74, 6) is 1.57. The topological polar surface area (TPSA) is 55.7 Å². The van der Waals surface area contributed by atoms with E-state index in [9.17, 15) is 0 Å². The third-order valence-electron chi connectivity index (χ3n) is 4.81. The van der Waals surface area contributed by atoms with Crippen LogP contribution in [0, 0.1) is 0 Å². The summed E-state index contributed by atoms with van der Waals surface area (Å²) in [6, 6.07) is 19.9. The molecule has 0 aliphatic heterocycles. The Labute approximate surface area is 174 Å². The minimum atomic E-state index is 0.535. The first kappa shape index (κ1) is 19.1. The molecule has 29 heavy (non-hydrogen) atoms. The second-order valence-corrected chi connectivity index (χ2v) is 7.03. The minimum Gasteiger partial charge on any atom is -0.497 e. The zero-order chi connectivity index (χ0) is 20.2. The van der Waals surface area contributed by atoms with E-state index in [0.717, 1.165) is 39.8 Å². The van der Waals surface area contributed by atoms with Gasteiger partial charge in [-0.1, -0.05) is 30.3 Å². The average Bonchev–Trinajstić information content (AvgIpc) is 3.11. The Balaban J connectivity index is 1.44. The van der Waals surface area contributed by atoms with Gasteiger partial charge >= 0.3 is 0 Å². The standard InChI is InChI=1S/C23H22N2O3S/c1-26-16-9-7-15(8-10-16)11-12-24-23(29)25-19-14-21-18(13-22(19)27-2)17-5-3-4-6-20(17)28-21/h3-10,13-14H,11-12H2,1-2H3,(H2,24,25,29). The number of nitrogens with one attached hydrogen (secondary N) is 2. The van der Waals surface area contributed by atoms with Crippen molar-refractivity contribution in [1.29, 1.82) is 0 Å². The fourth-order valence-corrected chi connectivity index (χ4v) is 3.51. The lowest BCUT2D eigenvalue weighted by Gasteiger charge is -2.13. The van der Waals surface area contributed by atoms with Crippen LogP contribution in [0.5, 0.6) is 11.5 Å². The van der Waals surface area contributed by atoms with Crippen molar-refractivity contribution in [2.45, 2.75) is 6.42 Å². The molecule has 1 aromatic heterocycles. The van der Waals surface area contributed by atoms with Gasteiger partial charge in [-0.05, 0) is 48.5 Å². The molecule has 0 fully saturated rings. The lowest BCUT2D eigenvalue weighted by Crippen LogP contribution is -2.30. The lowest BCUT2D eigenvalue weighted by molar-refractivity contribution is 0.414. The Bertz CT molecular complexity index is 1150. The normalized spacial score (nSPS) is 10.8. The van der Waals surface area contributed by atoms with Crippen molar-refractivity contribution in [3.05, 3.63) is 66.2 Å². The molecular formula is C23H22N2O3S. The first-order chi connectivity index (χ1) is 14.2. The van der Waals surface area contributed by atoms with Crippen molar-refractivity contribution in [2.24, 2.45) is 0 Å². The minimum absolute atomic E-state index is 0.535. The van der Waals surface area contributed by atoms with Gasteiger partial charge in [0.15, 0.2) is 5.11 Å². The fourth-order valence-electron chi connectivity index (χ4n) is 3.30. The summed E-state index contributed by atoms with van der Waals surface area (Å²) in [6.45, 7) is 0.716. The highest BCUT2D eigenvalue weighted by Gasteiger charge is 2.13. The molecule has 2 N–H and O–H groups in total. The van der Waals surface area contributed by atoms with Gasteiger partial charge in [0.1, 0.15) is 22.7 Å². The number of ether oxygens (including phenoxy) is 2. The molecule has 4 aromatic rings. The van der Waals surface area contributed by atoms with Crippen LogP contribution in [0.15, 0.2) is 65.1 Å². The maximum Gasteiger partial charge on any atom is 0.170 e. The van der Waals surface area contributed by atoms with Crippen molar-refractivity contribution < 1.29 is 13.9 Å². The third kappa shape index (κ3) is 4.12. The average molecular weight is 407 g/mol. The maximum absolute atomic E-state index is 5.96. The van der Waals surface area contributed by atoms with Crippen LogP contribution >= 0.6 is 12.2 Å². The Morgan fingerprint density at radius 3 is 2.48 bits per heavy atom. The highest BCUT2D eigenvalue weighted by Crippen LogP contribution is 2.36. The number of fused-ring (bicyclic) bond motifs is 3. The molecule has 0 bridgehead atoms. The zero-order valence-electron chi connectivity index (χ0n) is 16.3. The number of furan rings is 1. The van der Waals surface area contributed by atoms with E-state index in [1.807, 2.05) is 48.5 Å². The molecule has 4 rings (SSSR count). The highest BCUT2D eigenvalue weighted by atomic mass is 32.1. The molecule has 0 aliphatic rings. The first-order valence-corrected chi connectivity index (χ1v) is 9.76. The predicted molar refractivity (Wildman–Crippen MR) is 121 cm³/mol. The molecule has 0 radical (unpaired) electrons. The van der Waals surface area contributed by atoms with Gasteiger partial charge in [-0.25, -0.2) is 0 Å². The van der Waals surface area contributed by atoms with Gasteiger partial charge in [-0.3, -0.25) is 0 Å². The van der Waals surface area contributed by atoms with Crippen LogP contribution in [0.2, 0.25) is 0 Å². The van der Waals surface area contributed by atoms with Crippen LogP contribution in [-0.4, -0.2) is 25.9 Å². The molecule has 3 aromatic carbocycles. The van der Waals surface area contributed by atoms with Gasteiger partial charge in [0.05, 0.1) is 19.9 Å². The molecule has 0 unspecified atom stereocenters. The van der Waals surface area contributed by atoms with Gasteiger partial charge in [-0.2, -0.15) is 0 Å². The first-order valence-electron chi connectivity index (χ1n) is 9.35. The van der Waals surface area contributed by atoms with Crippen LogP contribution in [0.25, 0.3) is 21.9 Å². The van der Waals surface area contributed by atoms with Crippen LogP contribution in [-0.2, 0) is 6.42 Å². The summed E-state index contributed by atoms with van der Waals surface area (Å²) >= 11 is 5.46. The summed E-state index contributed by atoms with van der Waals surface area (Å²) in [6.07, 6.45) is 0.853. The van der Waals surface area contributed by atoms with E-state index in [2.05, 4.69) is 22.8 Å². The van der Waals surface area contributed by atoms with Crippen LogP contribution in [0.4, 0.5) is 5.69 Å². The molecule has 1 heterocycles. The van der Waals surface area contributed by atoms with Gasteiger partial charge in [-0.15, -0.1) is 0 Å². The van der Waals surface area contributed by atoms with E-state index in [-0.39, 0.29) is 0 Å². The summed E-state index contributed by atoms with van der Waals surface area (Å²) in [5.41, 5.74) is 3.61.